The Morgan fingerprint density at radius 1 is 0.364 bits per heavy atom. The van der Waals surface area contributed by atoms with Gasteiger partial charge in [0.15, 0.2) is 0 Å². The molecule has 4 heterocycles. The molecule has 0 aliphatic carbocycles. The van der Waals surface area contributed by atoms with Crippen LogP contribution in [0.15, 0.2) is 84.9 Å². The molecule has 0 nitrogen and oxygen atoms in total. The Bertz CT molecular complexity index is 2190. The topological polar surface area (TPSA) is 0 Å². The first-order valence-corrected chi connectivity index (χ1v) is 18.3. The van der Waals surface area contributed by atoms with Crippen LogP contribution >= 0.6 is 45.3 Å². The lowest BCUT2D eigenvalue weighted by Crippen LogP contribution is -1.91. The monoisotopic (exact) mass is 640 g/mol. The van der Waals surface area contributed by atoms with Crippen LogP contribution in [0.1, 0.15) is 32.0 Å². The van der Waals surface area contributed by atoms with Gasteiger partial charge in [-0.2, -0.15) is 0 Å². The average molecular weight is 641 g/mol. The molecule has 0 bridgehead atoms. The van der Waals surface area contributed by atoms with Gasteiger partial charge in [-0.15, -0.1) is 45.3 Å². The minimum atomic E-state index is 1.33. The minimum Gasteiger partial charge on any atom is -0.140 e. The van der Waals surface area contributed by atoms with Crippen molar-refractivity contribution < 1.29 is 0 Å². The third kappa shape index (κ3) is 4.42. The van der Waals surface area contributed by atoms with Gasteiger partial charge in [0.05, 0.1) is 0 Å². The summed E-state index contributed by atoms with van der Waals surface area (Å²) in [4.78, 5) is 8.12. The van der Waals surface area contributed by atoms with Gasteiger partial charge in [-0.05, 0) is 135 Å². The Balaban J connectivity index is 1.56. The average Bonchev–Trinajstić information content (AvgIpc) is 3.79. The molecule has 0 amide bonds. The van der Waals surface area contributed by atoms with E-state index in [0.29, 0.717) is 0 Å². The number of benzene rings is 4. The highest BCUT2D eigenvalue weighted by Crippen LogP contribution is 2.51. The molecule has 4 aromatic heterocycles. The molecule has 0 radical (unpaired) electrons. The highest BCUT2D eigenvalue weighted by atomic mass is 32.1. The summed E-state index contributed by atoms with van der Waals surface area (Å²) in [5.41, 5.74) is 10.7. The van der Waals surface area contributed by atoms with Crippen molar-refractivity contribution in [2.24, 2.45) is 0 Å². The molecule has 8 aromatic rings. The maximum atomic E-state index is 2.51. The van der Waals surface area contributed by atoms with Crippen molar-refractivity contribution in [3.05, 3.63) is 117 Å². The molecule has 4 aromatic carbocycles. The van der Waals surface area contributed by atoms with E-state index in [4.69, 9.17) is 0 Å². The number of thiophene rings is 4. The van der Waals surface area contributed by atoms with Crippen molar-refractivity contribution in [1.29, 1.82) is 0 Å². The normalized spacial score (nSPS) is 11.9. The highest BCUT2D eigenvalue weighted by molar-refractivity contribution is 7.28. The number of hydrogen-bond acceptors (Lipinski definition) is 4. The van der Waals surface area contributed by atoms with Crippen LogP contribution in [0.25, 0.3) is 72.7 Å². The van der Waals surface area contributed by atoms with Gasteiger partial charge in [0.1, 0.15) is 0 Å². The molecule has 0 saturated heterocycles. The van der Waals surface area contributed by atoms with Crippen molar-refractivity contribution in [2.45, 2.75) is 41.5 Å². The molecule has 0 fully saturated rings. The van der Waals surface area contributed by atoms with Gasteiger partial charge in [0, 0.05) is 60.2 Å². The summed E-state index contributed by atoms with van der Waals surface area (Å²) in [5, 5.41) is 5.44. The van der Waals surface area contributed by atoms with Gasteiger partial charge in [-0.3, -0.25) is 0 Å². The van der Waals surface area contributed by atoms with Crippen molar-refractivity contribution >= 4 is 76.3 Å². The van der Waals surface area contributed by atoms with Crippen LogP contribution in [0.4, 0.5) is 0 Å². The summed E-state index contributed by atoms with van der Waals surface area (Å²) in [5.74, 6) is 0. The standard InChI is InChI=1S/C40H32S4/c1-21-9-7-10-22(2)37(21)27-17-29-30(39-31(27)19-35(43-39)33-15-13-25(5)41-33)18-28(38-23(3)11-8-12-24(38)4)32-20-36(44-40(29)32)34-16-14-26(6)42-34/h7-20H,1-6H3. The predicted octanol–water partition coefficient (Wildman–Crippen LogP) is 13.9. The molecule has 44 heavy (non-hydrogen) atoms. The summed E-state index contributed by atoms with van der Waals surface area (Å²) in [6, 6.07) is 32.4. The Hall–Kier alpha value is -3.54. The molecule has 0 aliphatic heterocycles. The minimum absolute atomic E-state index is 1.33. The fourth-order valence-electron chi connectivity index (χ4n) is 6.83. The second-order valence-corrected chi connectivity index (χ2v) is 16.7. The van der Waals surface area contributed by atoms with E-state index in [1.54, 1.807) is 0 Å². The Kier molecular flexibility index (Phi) is 6.69. The summed E-state index contributed by atoms with van der Waals surface area (Å²) >= 11 is 7.70. The van der Waals surface area contributed by atoms with Gasteiger partial charge in [-0.1, -0.05) is 36.4 Å². The maximum Gasteiger partial charge on any atom is 0.0455 e. The summed E-state index contributed by atoms with van der Waals surface area (Å²) in [6.45, 7) is 13.4. The van der Waals surface area contributed by atoms with Gasteiger partial charge in [0.2, 0.25) is 0 Å². The molecule has 0 N–H and O–H groups in total. The van der Waals surface area contributed by atoms with E-state index in [9.17, 15) is 0 Å². The number of aryl methyl sites for hydroxylation is 6. The van der Waals surface area contributed by atoms with Crippen LogP contribution in [0.5, 0.6) is 0 Å². The summed E-state index contributed by atoms with van der Waals surface area (Å²) in [7, 11) is 0. The van der Waals surface area contributed by atoms with E-state index in [1.807, 2.05) is 45.3 Å². The molecule has 0 unspecified atom stereocenters. The quantitative estimate of drug-likeness (QED) is 0.180. The third-order valence-electron chi connectivity index (χ3n) is 8.87. The lowest BCUT2D eigenvalue weighted by atomic mass is 9.88. The second-order valence-electron chi connectivity index (χ2n) is 12.0. The Morgan fingerprint density at radius 3 is 1.09 bits per heavy atom. The van der Waals surface area contributed by atoms with Crippen molar-refractivity contribution in [3.63, 3.8) is 0 Å². The van der Waals surface area contributed by atoms with Crippen LogP contribution in [0, 0.1) is 41.5 Å². The molecule has 0 saturated carbocycles. The van der Waals surface area contributed by atoms with Crippen LogP contribution in [-0.4, -0.2) is 0 Å². The molecule has 0 aliphatic rings. The second kappa shape index (κ2) is 10.5. The summed E-state index contributed by atoms with van der Waals surface area (Å²) in [6.07, 6.45) is 0. The Morgan fingerprint density at radius 2 is 0.750 bits per heavy atom. The highest BCUT2D eigenvalue weighted by Gasteiger charge is 2.22. The van der Waals surface area contributed by atoms with Crippen LogP contribution in [0.2, 0.25) is 0 Å². The maximum absolute atomic E-state index is 2.51. The van der Waals surface area contributed by atoms with Gasteiger partial charge in [0.25, 0.3) is 0 Å². The number of hydrogen-bond donors (Lipinski definition) is 0. The molecule has 216 valence electrons. The van der Waals surface area contributed by atoms with Crippen LogP contribution in [-0.2, 0) is 0 Å². The van der Waals surface area contributed by atoms with E-state index >= 15 is 0 Å². The Labute approximate surface area is 274 Å². The number of fused-ring (bicyclic) bond motifs is 5. The van der Waals surface area contributed by atoms with E-state index in [-0.39, 0.29) is 0 Å². The van der Waals surface area contributed by atoms with E-state index in [1.165, 1.54) is 105 Å². The molecular formula is C40H32S4. The van der Waals surface area contributed by atoms with Crippen molar-refractivity contribution in [1.82, 2.24) is 0 Å². The fourth-order valence-corrected chi connectivity index (χ4v) is 11.1. The largest absolute Gasteiger partial charge is 0.140 e. The first-order chi connectivity index (χ1) is 21.3. The predicted molar refractivity (Wildman–Crippen MR) is 201 cm³/mol. The zero-order chi connectivity index (χ0) is 30.3. The molecule has 4 heteroatoms. The lowest BCUT2D eigenvalue weighted by Gasteiger charge is -2.16. The molecule has 8 rings (SSSR count). The van der Waals surface area contributed by atoms with Crippen molar-refractivity contribution in [2.75, 3.05) is 0 Å². The summed E-state index contributed by atoms with van der Waals surface area (Å²) < 4.78 is 2.77. The van der Waals surface area contributed by atoms with E-state index < -0.39 is 0 Å². The molecular weight excluding hydrogens is 609 g/mol. The smallest absolute Gasteiger partial charge is 0.0455 e. The SMILES string of the molecule is Cc1ccc(-c2cc3c(-c4c(C)cccc4C)cc4c(cc(-c5c(C)cccc5C)c5cc(-c6ccc(C)s6)sc54)c3s2)s1. The van der Waals surface area contributed by atoms with Gasteiger partial charge in [-0.25, -0.2) is 0 Å². The molecule has 0 atom stereocenters. The van der Waals surface area contributed by atoms with Gasteiger partial charge < -0.3 is 0 Å². The first kappa shape index (κ1) is 28.0. The third-order valence-corrected chi connectivity index (χ3v) is 13.6. The van der Waals surface area contributed by atoms with Crippen LogP contribution in [0.3, 0.4) is 0 Å². The van der Waals surface area contributed by atoms with E-state index in [0.717, 1.165) is 0 Å². The lowest BCUT2D eigenvalue weighted by molar-refractivity contribution is 1.39. The first-order valence-electron chi connectivity index (χ1n) is 15.0. The van der Waals surface area contributed by atoms with Crippen molar-refractivity contribution in [3.8, 4) is 41.8 Å². The van der Waals surface area contributed by atoms with E-state index in [2.05, 4.69) is 126 Å². The molecule has 0 spiro atoms. The van der Waals surface area contributed by atoms with Crippen LogP contribution < -0.4 is 0 Å². The fraction of sp³-hybridized carbons (Fsp3) is 0.150. The van der Waals surface area contributed by atoms with Gasteiger partial charge >= 0.3 is 0 Å². The zero-order valence-corrected chi connectivity index (χ0v) is 29.0. The number of rotatable bonds is 4. The zero-order valence-electron chi connectivity index (χ0n) is 25.7.